The van der Waals surface area contributed by atoms with Crippen molar-refractivity contribution in [1.29, 1.82) is 0 Å². The van der Waals surface area contributed by atoms with Crippen molar-refractivity contribution < 1.29 is 19.8 Å². The zero-order valence-corrected chi connectivity index (χ0v) is 11.0. The number of rotatable bonds is 4. The molecule has 96 valence electrons. The molecule has 0 aliphatic heterocycles. The molecule has 0 saturated heterocycles. The van der Waals surface area contributed by atoms with Crippen LogP contribution in [0.3, 0.4) is 0 Å². The van der Waals surface area contributed by atoms with E-state index >= 15 is 0 Å². The van der Waals surface area contributed by atoms with Crippen molar-refractivity contribution in [3.8, 4) is 0 Å². The maximum absolute atomic E-state index is 10.1. The fourth-order valence-corrected chi connectivity index (χ4v) is 2.52. The van der Waals surface area contributed by atoms with Crippen LogP contribution in [-0.2, 0) is 22.4 Å². The quantitative estimate of drug-likeness (QED) is 0.905. The van der Waals surface area contributed by atoms with Crippen molar-refractivity contribution in [2.24, 2.45) is 0 Å². The van der Waals surface area contributed by atoms with E-state index in [1.807, 2.05) is 35.0 Å². The van der Waals surface area contributed by atoms with Gasteiger partial charge in [0.25, 0.3) is 0 Å². The molecule has 0 aliphatic carbocycles. The monoisotopic (exact) mass is 284 g/mol. The van der Waals surface area contributed by atoms with Crippen LogP contribution in [0.25, 0.3) is 0 Å². The van der Waals surface area contributed by atoms with Crippen LogP contribution in [0.1, 0.15) is 9.75 Å². The number of thiophene rings is 2. The number of aliphatic carboxylic acids is 2. The van der Waals surface area contributed by atoms with E-state index in [1.54, 1.807) is 0 Å². The van der Waals surface area contributed by atoms with Crippen LogP contribution in [0, 0.1) is 0 Å². The lowest BCUT2D eigenvalue weighted by Gasteiger charge is -1.85. The van der Waals surface area contributed by atoms with E-state index in [9.17, 15) is 9.59 Å². The molecule has 0 aromatic carbocycles. The van der Waals surface area contributed by atoms with Gasteiger partial charge < -0.3 is 10.2 Å². The highest BCUT2D eigenvalue weighted by atomic mass is 32.1. The lowest BCUT2D eigenvalue weighted by atomic mass is 10.3. The Balaban J connectivity index is 0.000000180. The van der Waals surface area contributed by atoms with Gasteiger partial charge in [0.15, 0.2) is 0 Å². The summed E-state index contributed by atoms with van der Waals surface area (Å²) in [5.41, 5.74) is 0. The molecule has 0 fully saturated rings. The minimum absolute atomic E-state index is 0.150. The highest BCUT2D eigenvalue weighted by Crippen LogP contribution is 2.08. The Morgan fingerprint density at radius 2 is 1.28 bits per heavy atom. The first-order valence-corrected chi connectivity index (χ1v) is 6.82. The second kappa shape index (κ2) is 7.62. The first-order chi connectivity index (χ1) is 8.58. The molecule has 2 aromatic heterocycles. The molecule has 0 saturated carbocycles. The fourth-order valence-electron chi connectivity index (χ4n) is 1.12. The van der Waals surface area contributed by atoms with E-state index in [0.29, 0.717) is 0 Å². The Morgan fingerprint density at radius 1 is 0.889 bits per heavy atom. The number of carboxylic acid groups (broad SMARTS) is 2. The third kappa shape index (κ3) is 6.17. The van der Waals surface area contributed by atoms with Crippen LogP contribution < -0.4 is 0 Å². The summed E-state index contributed by atoms with van der Waals surface area (Å²) < 4.78 is 0. The van der Waals surface area contributed by atoms with Gasteiger partial charge in [0.2, 0.25) is 0 Å². The van der Waals surface area contributed by atoms with Crippen LogP contribution in [0.15, 0.2) is 35.0 Å². The molecule has 0 atom stereocenters. The summed E-state index contributed by atoms with van der Waals surface area (Å²) in [6.07, 6.45) is 0.301. The van der Waals surface area contributed by atoms with Crippen molar-refractivity contribution in [1.82, 2.24) is 0 Å². The van der Waals surface area contributed by atoms with Gasteiger partial charge in [-0.05, 0) is 22.9 Å². The maximum Gasteiger partial charge on any atom is 0.308 e. The number of hydrogen-bond acceptors (Lipinski definition) is 4. The van der Waals surface area contributed by atoms with Gasteiger partial charge in [0.05, 0.1) is 12.8 Å². The molecule has 2 aromatic rings. The third-order valence-electron chi connectivity index (χ3n) is 1.81. The van der Waals surface area contributed by atoms with Crippen molar-refractivity contribution >= 4 is 34.6 Å². The van der Waals surface area contributed by atoms with Gasteiger partial charge in [-0.15, -0.1) is 22.7 Å². The molecule has 0 radical (unpaired) electrons. The predicted octanol–water partition coefficient (Wildman–Crippen LogP) is 2.75. The fraction of sp³-hybridized carbons (Fsp3) is 0.167. The molecular weight excluding hydrogens is 272 g/mol. The summed E-state index contributed by atoms with van der Waals surface area (Å²) in [6.45, 7) is 0. The van der Waals surface area contributed by atoms with E-state index in [1.165, 1.54) is 22.7 Å². The summed E-state index contributed by atoms with van der Waals surface area (Å²) >= 11 is 2.94. The van der Waals surface area contributed by atoms with Gasteiger partial charge in [-0.3, -0.25) is 9.59 Å². The van der Waals surface area contributed by atoms with Crippen molar-refractivity contribution in [2.45, 2.75) is 12.8 Å². The van der Waals surface area contributed by atoms with Gasteiger partial charge >= 0.3 is 11.9 Å². The lowest BCUT2D eigenvalue weighted by Crippen LogP contribution is -1.96. The number of carboxylic acids is 2. The molecule has 6 heteroatoms. The Hall–Kier alpha value is -1.66. The minimum atomic E-state index is -0.766. The molecule has 4 nitrogen and oxygen atoms in total. The van der Waals surface area contributed by atoms with E-state index in [0.717, 1.165) is 9.75 Å². The largest absolute Gasteiger partial charge is 0.481 e. The summed E-state index contributed by atoms with van der Waals surface area (Å²) in [5, 5.41) is 20.3. The molecule has 2 heterocycles. The van der Waals surface area contributed by atoms with Crippen LogP contribution in [0.5, 0.6) is 0 Å². The maximum atomic E-state index is 10.1. The highest BCUT2D eigenvalue weighted by Gasteiger charge is 1.99. The van der Waals surface area contributed by atoms with E-state index < -0.39 is 11.9 Å². The minimum Gasteiger partial charge on any atom is -0.481 e. The molecule has 0 aliphatic rings. The summed E-state index contributed by atoms with van der Waals surface area (Å²) in [4.78, 5) is 22.0. The van der Waals surface area contributed by atoms with E-state index in [-0.39, 0.29) is 12.8 Å². The Labute approximate surface area is 112 Å². The topological polar surface area (TPSA) is 74.6 Å². The molecule has 18 heavy (non-hydrogen) atoms. The van der Waals surface area contributed by atoms with Crippen molar-refractivity contribution in [3.63, 3.8) is 0 Å². The standard InChI is InChI=1S/2C6H6O2S/c2*7-6(8)4-5-2-1-3-9-5/h2*1-3H,4H2,(H,7,8). The summed E-state index contributed by atoms with van der Waals surface area (Å²) in [5.74, 6) is -1.53. The number of hydrogen-bond donors (Lipinski definition) is 2. The molecule has 0 unspecified atom stereocenters. The third-order valence-corrected chi connectivity index (χ3v) is 3.56. The average Bonchev–Trinajstić information content (AvgIpc) is 2.90. The van der Waals surface area contributed by atoms with Crippen molar-refractivity contribution in [2.75, 3.05) is 0 Å². The highest BCUT2D eigenvalue weighted by molar-refractivity contribution is 7.10. The normalized spacial score (nSPS) is 9.33. The second-order valence-electron chi connectivity index (χ2n) is 3.30. The van der Waals surface area contributed by atoms with E-state index in [4.69, 9.17) is 10.2 Å². The van der Waals surface area contributed by atoms with Gasteiger partial charge in [-0.1, -0.05) is 12.1 Å². The van der Waals surface area contributed by atoms with Gasteiger partial charge in [0, 0.05) is 9.75 Å². The van der Waals surface area contributed by atoms with Gasteiger partial charge in [0.1, 0.15) is 0 Å². The van der Waals surface area contributed by atoms with Crippen LogP contribution in [-0.4, -0.2) is 22.2 Å². The van der Waals surface area contributed by atoms with Crippen LogP contribution >= 0.6 is 22.7 Å². The smallest absolute Gasteiger partial charge is 0.308 e. The van der Waals surface area contributed by atoms with Crippen LogP contribution in [0.2, 0.25) is 0 Å². The Bertz CT molecular complexity index is 428. The first kappa shape index (κ1) is 14.4. The zero-order valence-electron chi connectivity index (χ0n) is 9.41. The zero-order chi connectivity index (χ0) is 13.4. The average molecular weight is 284 g/mol. The SMILES string of the molecule is O=C(O)Cc1cccs1.O=C(O)Cc1cccs1. The molecule has 0 amide bonds. The van der Waals surface area contributed by atoms with Crippen LogP contribution in [0.4, 0.5) is 0 Å². The number of carbonyl (C=O) groups is 2. The molecule has 0 spiro atoms. The molecular formula is C12H12O4S2. The molecule has 0 bridgehead atoms. The Kier molecular flexibility index (Phi) is 6.10. The summed E-state index contributed by atoms with van der Waals surface area (Å²) in [7, 11) is 0. The van der Waals surface area contributed by atoms with Crippen molar-refractivity contribution in [3.05, 3.63) is 44.8 Å². The van der Waals surface area contributed by atoms with Gasteiger partial charge in [-0.25, -0.2) is 0 Å². The van der Waals surface area contributed by atoms with E-state index in [2.05, 4.69) is 0 Å². The molecule has 2 N–H and O–H groups in total. The predicted molar refractivity (Wildman–Crippen MR) is 71.3 cm³/mol. The summed E-state index contributed by atoms with van der Waals surface area (Å²) in [6, 6.07) is 7.34. The first-order valence-electron chi connectivity index (χ1n) is 5.06. The molecule has 2 rings (SSSR count). The second-order valence-corrected chi connectivity index (χ2v) is 5.36. The Morgan fingerprint density at radius 3 is 1.50 bits per heavy atom. The van der Waals surface area contributed by atoms with Gasteiger partial charge in [-0.2, -0.15) is 0 Å². The lowest BCUT2D eigenvalue weighted by molar-refractivity contribution is -0.137.